The van der Waals surface area contributed by atoms with Gasteiger partial charge in [-0.2, -0.15) is 0 Å². The summed E-state index contributed by atoms with van der Waals surface area (Å²) in [6, 6.07) is 0. The Morgan fingerprint density at radius 3 is 2.00 bits per heavy atom. The van der Waals surface area contributed by atoms with Crippen molar-refractivity contribution in [1.29, 1.82) is 0 Å². The van der Waals surface area contributed by atoms with E-state index in [1.807, 2.05) is 0 Å². The quantitative estimate of drug-likeness (QED) is 0.518. The van der Waals surface area contributed by atoms with Crippen LogP contribution in [0.1, 0.15) is 27.2 Å². The highest BCUT2D eigenvalue weighted by Crippen LogP contribution is 2.34. The van der Waals surface area contributed by atoms with Gasteiger partial charge in [0.15, 0.2) is 0 Å². The van der Waals surface area contributed by atoms with Crippen molar-refractivity contribution in [1.82, 2.24) is 4.90 Å². The predicted molar refractivity (Wildman–Crippen MR) is 40.5 cm³/mol. The van der Waals surface area contributed by atoms with Gasteiger partial charge in [-0.15, -0.1) is 0 Å². The molecule has 0 aliphatic carbocycles. The lowest BCUT2D eigenvalue weighted by Gasteiger charge is -2.51. The fraction of sp³-hybridized carbons (Fsp3) is 1.00. The van der Waals surface area contributed by atoms with Crippen LogP contribution in [0.15, 0.2) is 0 Å². The van der Waals surface area contributed by atoms with E-state index in [1.54, 1.807) is 0 Å². The van der Waals surface area contributed by atoms with E-state index in [4.69, 9.17) is 0 Å². The average Bonchev–Trinajstić information content (AvgIpc) is 1.82. The molecule has 0 aromatic rings. The van der Waals surface area contributed by atoms with Crippen LogP contribution in [0.4, 0.5) is 0 Å². The Morgan fingerprint density at radius 1 is 1.44 bits per heavy atom. The summed E-state index contributed by atoms with van der Waals surface area (Å²) < 4.78 is 0. The Balaban J connectivity index is 2.53. The van der Waals surface area contributed by atoms with Gasteiger partial charge in [-0.25, -0.2) is 0 Å². The molecule has 1 unspecified atom stereocenters. The molecule has 1 nitrogen and oxygen atoms in total. The average molecular weight is 127 g/mol. The molecule has 1 aliphatic rings. The molecule has 0 bridgehead atoms. The summed E-state index contributed by atoms with van der Waals surface area (Å²) in [6.07, 6.45) is 1.38. The summed E-state index contributed by atoms with van der Waals surface area (Å²) in [5, 5.41) is 0. The van der Waals surface area contributed by atoms with Crippen LogP contribution in [0.3, 0.4) is 0 Å². The van der Waals surface area contributed by atoms with Gasteiger partial charge in [-0.05, 0) is 26.3 Å². The summed E-state index contributed by atoms with van der Waals surface area (Å²) in [5.41, 5.74) is 0.514. The molecular weight excluding hydrogens is 110 g/mol. The number of likely N-dealkylation sites (tertiary alicyclic amines) is 1. The molecule has 0 spiro atoms. The summed E-state index contributed by atoms with van der Waals surface area (Å²) in [5.74, 6) is 0.802. The van der Waals surface area contributed by atoms with Crippen molar-refractivity contribution in [2.75, 3.05) is 13.6 Å². The van der Waals surface area contributed by atoms with Crippen molar-refractivity contribution in [3.8, 4) is 0 Å². The lowest BCUT2D eigenvalue weighted by Crippen LogP contribution is -2.58. The molecule has 54 valence electrons. The molecule has 0 N–H and O–H groups in total. The highest BCUT2D eigenvalue weighted by molar-refractivity contribution is 4.95. The summed E-state index contributed by atoms with van der Waals surface area (Å²) in [4.78, 5) is 2.44. The van der Waals surface area contributed by atoms with Crippen molar-refractivity contribution < 1.29 is 0 Å². The Labute approximate surface area is 58.0 Å². The molecule has 1 aliphatic heterocycles. The molecule has 1 rings (SSSR count). The highest BCUT2D eigenvalue weighted by Gasteiger charge is 2.39. The number of hydrogen-bond acceptors (Lipinski definition) is 1. The third kappa shape index (κ3) is 0.877. The fourth-order valence-electron chi connectivity index (χ4n) is 1.42. The first kappa shape index (κ1) is 7.07. The van der Waals surface area contributed by atoms with Gasteiger partial charge < -0.3 is 4.90 Å². The molecule has 0 amide bonds. The minimum absolute atomic E-state index is 0.514. The first-order chi connectivity index (χ1) is 4.07. The van der Waals surface area contributed by atoms with E-state index in [9.17, 15) is 0 Å². The molecular formula is C8H17N. The predicted octanol–water partition coefficient (Wildman–Crippen LogP) is 1.74. The van der Waals surface area contributed by atoms with E-state index in [0.29, 0.717) is 5.54 Å². The first-order valence-electron chi connectivity index (χ1n) is 3.78. The Morgan fingerprint density at radius 2 is 2.00 bits per heavy atom. The fourth-order valence-corrected chi connectivity index (χ4v) is 1.42. The van der Waals surface area contributed by atoms with Gasteiger partial charge in [0.1, 0.15) is 0 Å². The molecule has 0 radical (unpaired) electrons. The zero-order valence-corrected chi connectivity index (χ0v) is 6.94. The van der Waals surface area contributed by atoms with E-state index < -0.39 is 0 Å². The van der Waals surface area contributed by atoms with Gasteiger partial charge in [-0.3, -0.25) is 0 Å². The molecule has 1 heteroatoms. The molecule has 9 heavy (non-hydrogen) atoms. The molecule has 0 aromatic heterocycles. The van der Waals surface area contributed by atoms with E-state index in [-0.39, 0.29) is 0 Å². The molecule has 1 heterocycles. The van der Waals surface area contributed by atoms with Gasteiger partial charge >= 0.3 is 0 Å². The van der Waals surface area contributed by atoms with Crippen LogP contribution in [-0.2, 0) is 0 Å². The maximum Gasteiger partial charge on any atom is 0.0213 e. The van der Waals surface area contributed by atoms with E-state index in [1.165, 1.54) is 13.0 Å². The lowest BCUT2D eigenvalue weighted by molar-refractivity contribution is -0.0116. The highest BCUT2D eigenvalue weighted by atomic mass is 15.2. The Bertz CT molecular complexity index is 102. The second-order valence-corrected chi connectivity index (χ2v) is 3.68. The largest absolute Gasteiger partial charge is 0.301 e. The van der Waals surface area contributed by atoms with Crippen LogP contribution in [-0.4, -0.2) is 24.0 Å². The normalized spacial score (nSPS) is 37.0. The molecule has 0 aromatic carbocycles. The zero-order chi connectivity index (χ0) is 7.07. The molecule has 1 atom stereocenters. The van der Waals surface area contributed by atoms with E-state index in [0.717, 1.165) is 5.92 Å². The Kier molecular flexibility index (Phi) is 1.55. The maximum atomic E-state index is 2.44. The van der Waals surface area contributed by atoms with Crippen molar-refractivity contribution in [3.63, 3.8) is 0 Å². The first-order valence-corrected chi connectivity index (χ1v) is 3.78. The van der Waals surface area contributed by atoms with Crippen LogP contribution in [0.2, 0.25) is 0 Å². The summed E-state index contributed by atoms with van der Waals surface area (Å²) in [6.45, 7) is 8.24. The lowest BCUT2D eigenvalue weighted by atomic mass is 9.78. The maximum absolute atomic E-state index is 2.44. The smallest absolute Gasteiger partial charge is 0.0213 e. The number of hydrogen-bond donors (Lipinski definition) is 0. The van der Waals surface area contributed by atoms with Crippen molar-refractivity contribution in [3.05, 3.63) is 0 Å². The second kappa shape index (κ2) is 1.98. The van der Waals surface area contributed by atoms with Crippen molar-refractivity contribution >= 4 is 0 Å². The molecule has 1 fully saturated rings. The van der Waals surface area contributed by atoms with Crippen LogP contribution in [0, 0.1) is 5.92 Å². The van der Waals surface area contributed by atoms with Crippen LogP contribution in [0.25, 0.3) is 0 Å². The SMILES string of the molecule is CC(C)C1(C)CCN1C. The molecule has 0 saturated carbocycles. The zero-order valence-electron chi connectivity index (χ0n) is 6.94. The van der Waals surface area contributed by atoms with E-state index >= 15 is 0 Å². The van der Waals surface area contributed by atoms with Crippen molar-refractivity contribution in [2.45, 2.75) is 32.7 Å². The monoisotopic (exact) mass is 127 g/mol. The van der Waals surface area contributed by atoms with Gasteiger partial charge in [0, 0.05) is 12.1 Å². The second-order valence-electron chi connectivity index (χ2n) is 3.68. The van der Waals surface area contributed by atoms with Crippen LogP contribution < -0.4 is 0 Å². The van der Waals surface area contributed by atoms with E-state index in [2.05, 4.69) is 32.7 Å². The minimum atomic E-state index is 0.514. The summed E-state index contributed by atoms with van der Waals surface area (Å²) >= 11 is 0. The van der Waals surface area contributed by atoms with Gasteiger partial charge in [0.25, 0.3) is 0 Å². The van der Waals surface area contributed by atoms with Crippen molar-refractivity contribution in [2.24, 2.45) is 5.92 Å². The molecule has 1 saturated heterocycles. The van der Waals surface area contributed by atoms with Crippen LogP contribution in [0.5, 0.6) is 0 Å². The van der Waals surface area contributed by atoms with Gasteiger partial charge in [-0.1, -0.05) is 13.8 Å². The van der Waals surface area contributed by atoms with Gasteiger partial charge in [0.2, 0.25) is 0 Å². The third-order valence-corrected chi connectivity index (χ3v) is 3.07. The minimum Gasteiger partial charge on any atom is -0.301 e. The topological polar surface area (TPSA) is 3.24 Å². The van der Waals surface area contributed by atoms with Crippen LogP contribution >= 0.6 is 0 Å². The summed E-state index contributed by atoms with van der Waals surface area (Å²) in [7, 11) is 2.21. The number of nitrogens with zero attached hydrogens (tertiary/aromatic N) is 1. The van der Waals surface area contributed by atoms with Gasteiger partial charge in [0.05, 0.1) is 0 Å². The third-order valence-electron chi connectivity index (χ3n) is 3.07. The standard InChI is InChI=1S/C8H17N/c1-7(2)8(3)5-6-9(8)4/h7H,5-6H2,1-4H3. The number of rotatable bonds is 1. The Hall–Kier alpha value is -0.0400.